The van der Waals surface area contributed by atoms with Gasteiger partial charge in [0.15, 0.2) is 0 Å². The third-order valence-corrected chi connectivity index (χ3v) is 10.9. The van der Waals surface area contributed by atoms with Gasteiger partial charge in [-0.25, -0.2) is 9.69 Å². The van der Waals surface area contributed by atoms with Crippen molar-refractivity contribution in [1.29, 1.82) is 0 Å². The van der Waals surface area contributed by atoms with Gasteiger partial charge in [0.25, 0.3) is 11.8 Å². The first kappa shape index (κ1) is 34.5. The van der Waals surface area contributed by atoms with Crippen LogP contribution < -0.4 is 24.6 Å². The molecule has 3 aliphatic heterocycles. The Balaban J connectivity index is 1.21. The van der Waals surface area contributed by atoms with Crippen LogP contribution in [0.3, 0.4) is 0 Å². The SMILES string of the molecule is COc1ccc(/C=C2\C(=O)NC(=O)N(c3cc4c5c(c3)[C@H](c3ccccc3)CCN5CC[C@H]4c3ccccc3)C2=O)c(OCc2ccc(Cl)cc2Cl)c1. The number of ether oxygens (including phenoxy) is 2. The number of imide groups is 2. The lowest BCUT2D eigenvalue weighted by Crippen LogP contribution is -2.54. The summed E-state index contributed by atoms with van der Waals surface area (Å²) in [6.45, 7) is 1.90. The molecule has 53 heavy (non-hydrogen) atoms. The predicted molar refractivity (Wildman–Crippen MR) is 207 cm³/mol. The number of nitrogens with zero attached hydrogens (tertiary/aromatic N) is 2. The second kappa shape index (κ2) is 14.5. The second-order valence-electron chi connectivity index (χ2n) is 13.3. The number of carbonyl (C=O) groups is 3. The molecule has 5 aromatic carbocycles. The molecular weight excluding hydrogens is 709 g/mol. The molecule has 5 aromatic rings. The number of carbonyl (C=O) groups excluding carboxylic acids is 3. The number of methoxy groups -OCH3 is 1. The predicted octanol–water partition coefficient (Wildman–Crippen LogP) is 9.12. The Morgan fingerprint density at radius 1 is 0.792 bits per heavy atom. The summed E-state index contributed by atoms with van der Waals surface area (Å²) in [6, 6.07) is 34.0. The molecule has 3 aliphatic rings. The van der Waals surface area contributed by atoms with Crippen molar-refractivity contribution in [3.05, 3.63) is 158 Å². The first-order valence-electron chi connectivity index (χ1n) is 17.5. The maximum absolute atomic E-state index is 14.5. The monoisotopic (exact) mass is 743 g/mol. The molecule has 0 bridgehead atoms. The summed E-state index contributed by atoms with van der Waals surface area (Å²) in [5.41, 5.74) is 6.95. The molecule has 1 N–H and O–H groups in total. The number of hydrogen-bond donors (Lipinski definition) is 1. The molecule has 4 amide bonds. The normalized spacial score (nSPS) is 18.8. The van der Waals surface area contributed by atoms with Crippen LogP contribution in [0.2, 0.25) is 10.0 Å². The van der Waals surface area contributed by atoms with Crippen molar-refractivity contribution in [3.8, 4) is 11.5 Å². The van der Waals surface area contributed by atoms with E-state index in [-0.39, 0.29) is 24.0 Å². The van der Waals surface area contributed by atoms with Gasteiger partial charge in [-0.2, -0.15) is 0 Å². The lowest BCUT2D eigenvalue weighted by atomic mass is 9.76. The average Bonchev–Trinajstić information content (AvgIpc) is 3.17. The topological polar surface area (TPSA) is 88.2 Å². The molecule has 0 aliphatic carbocycles. The highest BCUT2D eigenvalue weighted by Crippen LogP contribution is 2.50. The van der Waals surface area contributed by atoms with Crippen molar-refractivity contribution in [2.45, 2.75) is 31.3 Å². The number of hydrogen-bond acceptors (Lipinski definition) is 6. The van der Waals surface area contributed by atoms with Gasteiger partial charge in [-0.05, 0) is 77.6 Å². The molecule has 1 saturated heterocycles. The number of nitrogens with one attached hydrogen (secondary N) is 1. The second-order valence-corrected chi connectivity index (χ2v) is 14.2. The van der Waals surface area contributed by atoms with Gasteiger partial charge in [0.2, 0.25) is 0 Å². The highest BCUT2D eigenvalue weighted by Gasteiger charge is 2.40. The van der Waals surface area contributed by atoms with Crippen LogP contribution >= 0.6 is 23.2 Å². The molecule has 8 rings (SSSR count). The summed E-state index contributed by atoms with van der Waals surface area (Å²) in [4.78, 5) is 45.1. The number of barbiturate groups is 1. The van der Waals surface area contributed by atoms with E-state index in [4.69, 9.17) is 32.7 Å². The van der Waals surface area contributed by atoms with Crippen LogP contribution in [0.25, 0.3) is 6.08 Å². The van der Waals surface area contributed by atoms with E-state index in [1.54, 1.807) is 36.4 Å². The molecule has 2 atom stereocenters. The summed E-state index contributed by atoms with van der Waals surface area (Å²) < 4.78 is 11.6. The van der Waals surface area contributed by atoms with Gasteiger partial charge in [0.1, 0.15) is 23.7 Å². The number of amides is 4. The van der Waals surface area contributed by atoms with Gasteiger partial charge in [-0.15, -0.1) is 0 Å². The molecule has 0 radical (unpaired) electrons. The molecule has 266 valence electrons. The van der Waals surface area contributed by atoms with Crippen molar-refractivity contribution >= 4 is 58.5 Å². The van der Waals surface area contributed by atoms with Crippen molar-refractivity contribution in [3.63, 3.8) is 0 Å². The molecule has 0 aromatic heterocycles. The van der Waals surface area contributed by atoms with E-state index in [0.717, 1.165) is 47.6 Å². The minimum Gasteiger partial charge on any atom is -0.497 e. The van der Waals surface area contributed by atoms with E-state index >= 15 is 0 Å². The third kappa shape index (κ3) is 6.65. The summed E-state index contributed by atoms with van der Waals surface area (Å²) in [5, 5.41) is 3.36. The van der Waals surface area contributed by atoms with Crippen LogP contribution in [-0.4, -0.2) is 38.0 Å². The summed E-state index contributed by atoms with van der Waals surface area (Å²) in [5.74, 6) is -0.551. The van der Waals surface area contributed by atoms with Crippen LogP contribution in [0.4, 0.5) is 16.2 Å². The number of anilines is 2. The quantitative estimate of drug-likeness (QED) is 0.126. The Morgan fingerprint density at radius 3 is 2.04 bits per heavy atom. The minimum atomic E-state index is -0.802. The zero-order valence-electron chi connectivity index (χ0n) is 28.9. The van der Waals surface area contributed by atoms with Crippen LogP contribution in [0.1, 0.15) is 58.1 Å². The minimum absolute atomic E-state index is 0.0587. The van der Waals surface area contributed by atoms with Crippen LogP contribution in [-0.2, 0) is 16.2 Å². The standard InChI is InChI=1S/C43H35Cl2N3O5/c1-52-32-15-13-28(39(24-32)53-25-29-12-14-30(44)21-38(29)45)20-37-41(49)46-43(51)48(42(37)50)31-22-35-33(26-8-4-2-5-9-26)16-18-47-19-17-34(36(23-31)40(35)47)27-10-6-3-7-11-27/h2-15,20-24,33-34H,16-19,25H2,1H3,(H,46,49,51)/b37-20+/t33-,34-/m0/s1. The fourth-order valence-corrected chi connectivity index (χ4v) is 8.16. The highest BCUT2D eigenvalue weighted by atomic mass is 35.5. The van der Waals surface area contributed by atoms with Gasteiger partial charge < -0.3 is 14.4 Å². The van der Waals surface area contributed by atoms with E-state index in [0.29, 0.717) is 38.4 Å². The smallest absolute Gasteiger partial charge is 0.335 e. The van der Waals surface area contributed by atoms with Gasteiger partial charge in [-0.1, -0.05) is 89.9 Å². The number of urea groups is 1. The Labute approximate surface area is 317 Å². The Hall–Kier alpha value is -5.57. The number of halogens is 2. The fourth-order valence-electron chi connectivity index (χ4n) is 7.70. The number of benzene rings is 5. The lowest BCUT2D eigenvalue weighted by Gasteiger charge is -2.44. The first-order chi connectivity index (χ1) is 25.8. The van der Waals surface area contributed by atoms with Gasteiger partial charge in [0, 0.05) is 57.9 Å². The summed E-state index contributed by atoms with van der Waals surface area (Å²) in [7, 11) is 1.53. The zero-order chi connectivity index (χ0) is 36.6. The molecule has 8 nitrogen and oxygen atoms in total. The fraction of sp³-hybridized carbons (Fsp3) is 0.186. The van der Waals surface area contributed by atoms with Crippen molar-refractivity contribution in [1.82, 2.24) is 5.32 Å². The lowest BCUT2D eigenvalue weighted by molar-refractivity contribution is -0.122. The van der Waals surface area contributed by atoms with Gasteiger partial charge in [-0.3, -0.25) is 14.9 Å². The first-order valence-corrected chi connectivity index (χ1v) is 18.2. The Morgan fingerprint density at radius 2 is 1.43 bits per heavy atom. The molecule has 0 unspecified atom stereocenters. The molecule has 0 spiro atoms. The van der Waals surface area contributed by atoms with Crippen molar-refractivity contribution in [2.75, 3.05) is 30.0 Å². The highest BCUT2D eigenvalue weighted by molar-refractivity contribution is 6.39. The van der Waals surface area contributed by atoms with E-state index in [2.05, 4.69) is 34.5 Å². The van der Waals surface area contributed by atoms with Crippen LogP contribution in [0.15, 0.2) is 115 Å². The van der Waals surface area contributed by atoms with Crippen molar-refractivity contribution in [2.24, 2.45) is 0 Å². The summed E-state index contributed by atoms with van der Waals surface area (Å²) in [6.07, 6.45) is 3.22. The van der Waals surface area contributed by atoms with E-state index in [1.165, 1.54) is 24.3 Å². The van der Waals surface area contributed by atoms with E-state index < -0.39 is 17.8 Å². The summed E-state index contributed by atoms with van der Waals surface area (Å²) >= 11 is 12.5. The maximum Gasteiger partial charge on any atom is 0.335 e. The zero-order valence-corrected chi connectivity index (χ0v) is 30.4. The van der Waals surface area contributed by atoms with Crippen LogP contribution in [0.5, 0.6) is 11.5 Å². The van der Waals surface area contributed by atoms with E-state index in [9.17, 15) is 14.4 Å². The average molecular weight is 745 g/mol. The molecule has 0 saturated carbocycles. The largest absolute Gasteiger partial charge is 0.497 e. The number of rotatable bonds is 8. The Bertz CT molecular complexity index is 2200. The Kier molecular flexibility index (Phi) is 9.41. The van der Waals surface area contributed by atoms with E-state index in [1.807, 2.05) is 48.5 Å². The van der Waals surface area contributed by atoms with Gasteiger partial charge in [0.05, 0.1) is 12.8 Å². The van der Waals surface area contributed by atoms with Gasteiger partial charge >= 0.3 is 6.03 Å². The third-order valence-electron chi connectivity index (χ3n) is 10.3. The maximum atomic E-state index is 14.5. The molecule has 3 heterocycles. The molecule has 10 heteroatoms. The van der Waals surface area contributed by atoms with Crippen molar-refractivity contribution < 1.29 is 23.9 Å². The molecule has 1 fully saturated rings. The van der Waals surface area contributed by atoms with Crippen LogP contribution in [0, 0.1) is 0 Å². The molecular formula is C43H35Cl2N3O5.